The van der Waals surface area contributed by atoms with Gasteiger partial charge in [0, 0.05) is 14.1 Å². The van der Waals surface area contributed by atoms with E-state index < -0.39 is 17.7 Å². The van der Waals surface area contributed by atoms with Crippen LogP contribution >= 0.6 is 0 Å². The molecule has 1 atom stereocenters. The number of alkyl carbamates (subject to hydrolysis) is 1. The highest BCUT2D eigenvalue weighted by Crippen LogP contribution is 2.06. The lowest BCUT2D eigenvalue weighted by Crippen LogP contribution is -2.37. The fourth-order valence-electron chi connectivity index (χ4n) is 0.802. The number of ether oxygens (including phenoxy) is 1. The molecule has 0 spiro atoms. The van der Waals surface area contributed by atoms with Gasteiger partial charge < -0.3 is 15.0 Å². The fraction of sp³-hybridized carbons (Fsp3) is 0.667. The first-order valence-electron chi connectivity index (χ1n) is 5.34. The zero-order valence-corrected chi connectivity index (χ0v) is 11.2. The second-order valence-corrected chi connectivity index (χ2v) is 4.84. The van der Waals surface area contributed by atoms with Gasteiger partial charge in [-0.25, -0.2) is 4.79 Å². The maximum absolute atomic E-state index is 11.4. The average Bonchev–Trinajstić information content (AvgIpc) is 2.10. The molecule has 2 amide bonds. The number of rotatable bonds is 1. The van der Waals surface area contributed by atoms with Gasteiger partial charge in [-0.1, -0.05) is 5.92 Å². The van der Waals surface area contributed by atoms with Crippen LogP contribution in [-0.4, -0.2) is 42.6 Å². The molecule has 0 bridgehead atoms. The van der Waals surface area contributed by atoms with Gasteiger partial charge in [0.2, 0.25) is 0 Å². The molecule has 0 aliphatic heterocycles. The topological polar surface area (TPSA) is 58.6 Å². The maximum atomic E-state index is 11.4. The Morgan fingerprint density at radius 1 is 1.29 bits per heavy atom. The van der Waals surface area contributed by atoms with Gasteiger partial charge in [-0.05, 0) is 33.6 Å². The Morgan fingerprint density at radius 3 is 2.24 bits per heavy atom. The predicted octanol–water partition coefficient (Wildman–Crippen LogP) is 0.991. The standard InChI is InChI=1S/C12H20N2O3/c1-9(7-8-10(15)14(5)6)13-11(16)17-12(2,3)4/h9H,1-6H3,(H,13,16)/t9-/m1/s1. The molecule has 5 nitrogen and oxygen atoms in total. The van der Waals surface area contributed by atoms with Crippen molar-refractivity contribution in [3.05, 3.63) is 0 Å². The molecule has 0 unspecified atom stereocenters. The summed E-state index contributed by atoms with van der Waals surface area (Å²) in [6, 6.07) is -0.436. The summed E-state index contributed by atoms with van der Waals surface area (Å²) < 4.78 is 5.05. The zero-order valence-electron chi connectivity index (χ0n) is 11.2. The molecule has 0 fully saturated rings. The molecule has 0 radical (unpaired) electrons. The summed E-state index contributed by atoms with van der Waals surface area (Å²) >= 11 is 0. The van der Waals surface area contributed by atoms with Crippen LogP contribution in [0.1, 0.15) is 27.7 Å². The first-order chi connectivity index (χ1) is 7.61. The molecular formula is C12H20N2O3. The van der Waals surface area contributed by atoms with Gasteiger partial charge in [0.15, 0.2) is 0 Å². The van der Waals surface area contributed by atoms with Gasteiger partial charge in [0.1, 0.15) is 5.60 Å². The first kappa shape index (κ1) is 15.3. The van der Waals surface area contributed by atoms with Crippen LogP contribution < -0.4 is 5.32 Å². The van der Waals surface area contributed by atoms with E-state index in [0.29, 0.717) is 0 Å². The Morgan fingerprint density at radius 2 is 1.82 bits per heavy atom. The molecule has 0 saturated carbocycles. The third-order valence-electron chi connectivity index (χ3n) is 1.54. The van der Waals surface area contributed by atoms with E-state index in [0.717, 1.165) is 0 Å². The van der Waals surface area contributed by atoms with Gasteiger partial charge in [-0.3, -0.25) is 4.79 Å². The Hall–Kier alpha value is -1.70. The lowest BCUT2D eigenvalue weighted by atomic mass is 10.2. The van der Waals surface area contributed by atoms with Crippen LogP contribution in [0.15, 0.2) is 0 Å². The molecule has 17 heavy (non-hydrogen) atoms. The minimum atomic E-state index is -0.545. The molecule has 1 N–H and O–H groups in total. The van der Waals surface area contributed by atoms with Crippen LogP contribution in [-0.2, 0) is 9.53 Å². The predicted molar refractivity (Wildman–Crippen MR) is 65.3 cm³/mol. The number of nitrogens with zero attached hydrogens (tertiary/aromatic N) is 1. The van der Waals surface area contributed by atoms with Gasteiger partial charge >= 0.3 is 6.09 Å². The van der Waals surface area contributed by atoms with Crippen molar-refractivity contribution in [1.29, 1.82) is 0 Å². The Balaban J connectivity index is 4.23. The number of carbonyl (C=O) groups excluding carboxylic acids is 2. The highest BCUT2D eigenvalue weighted by Gasteiger charge is 2.16. The number of hydrogen-bond acceptors (Lipinski definition) is 3. The molecule has 0 aliphatic rings. The SMILES string of the molecule is C[C@H](C#CC(=O)N(C)C)NC(=O)OC(C)(C)C. The number of carbonyl (C=O) groups is 2. The molecular weight excluding hydrogens is 220 g/mol. The fourth-order valence-corrected chi connectivity index (χ4v) is 0.802. The smallest absolute Gasteiger partial charge is 0.408 e. The Kier molecular flexibility index (Phi) is 5.52. The monoisotopic (exact) mass is 240 g/mol. The zero-order chi connectivity index (χ0) is 13.6. The van der Waals surface area contributed by atoms with E-state index in [2.05, 4.69) is 17.2 Å². The Bertz CT molecular complexity index is 345. The lowest BCUT2D eigenvalue weighted by Gasteiger charge is -2.20. The normalized spacial score (nSPS) is 11.9. The van der Waals surface area contributed by atoms with E-state index in [9.17, 15) is 9.59 Å². The van der Waals surface area contributed by atoms with Crippen molar-refractivity contribution in [2.75, 3.05) is 14.1 Å². The summed E-state index contributed by atoms with van der Waals surface area (Å²) in [7, 11) is 3.23. The number of hydrogen-bond donors (Lipinski definition) is 1. The molecule has 0 saturated heterocycles. The van der Waals surface area contributed by atoms with Crippen LogP contribution in [0.2, 0.25) is 0 Å². The quantitative estimate of drug-likeness (QED) is 0.695. The van der Waals surface area contributed by atoms with Crippen molar-refractivity contribution >= 4 is 12.0 Å². The third-order valence-corrected chi connectivity index (χ3v) is 1.54. The summed E-state index contributed by atoms with van der Waals surface area (Å²) in [5.41, 5.74) is -0.545. The van der Waals surface area contributed by atoms with Crippen LogP contribution in [0.25, 0.3) is 0 Å². The summed E-state index contributed by atoms with van der Waals surface area (Å²) in [5, 5.41) is 2.53. The minimum Gasteiger partial charge on any atom is -0.444 e. The molecule has 0 heterocycles. The van der Waals surface area contributed by atoms with Gasteiger partial charge in [-0.2, -0.15) is 0 Å². The molecule has 0 aromatic rings. The highest BCUT2D eigenvalue weighted by molar-refractivity contribution is 5.93. The van der Waals surface area contributed by atoms with Crippen molar-refractivity contribution < 1.29 is 14.3 Å². The summed E-state index contributed by atoms with van der Waals surface area (Å²) in [6.07, 6.45) is -0.545. The van der Waals surface area contributed by atoms with E-state index in [4.69, 9.17) is 4.74 Å². The van der Waals surface area contributed by atoms with Gasteiger partial charge in [-0.15, -0.1) is 0 Å². The maximum Gasteiger partial charge on any atom is 0.408 e. The molecule has 0 rings (SSSR count). The molecule has 5 heteroatoms. The van der Waals surface area contributed by atoms with E-state index in [1.165, 1.54) is 4.90 Å². The van der Waals surface area contributed by atoms with Crippen LogP contribution in [0.3, 0.4) is 0 Å². The van der Waals surface area contributed by atoms with Crippen LogP contribution in [0.5, 0.6) is 0 Å². The second-order valence-electron chi connectivity index (χ2n) is 4.84. The van der Waals surface area contributed by atoms with Gasteiger partial charge in [0.25, 0.3) is 5.91 Å². The lowest BCUT2D eigenvalue weighted by molar-refractivity contribution is -0.122. The van der Waals surface area contributed by atoms with Crippen LogP contribution in [0, 0.1) is 11.8 Å². The summed E-state index contributed by atoms with van der Waals surface area (Å²) in [6.45, 7) is 7.01. The number of nitrogens with one attached hydrogen (secondary N) is 1. The summed E-state index contributed by atoms with van der Waals surface area (Å²) in [4.78, 5) is 23.9. The number of amides is 2. The first-order valence-corrected chi connectivity index (χ1v) is 5.34. The summed E-state index contributed by atoms with van der Waals surface area (Å²) in [5.74, 6) is 4.74. The molecule has 96 valence electrons. The highest BCUT2D eigenvalue weighted by atomic mass is 16.6. The second kappa shape index (κ2) is 6.14. The molecule has 0 aromatic carbocycles. The van der Waals surface area contributed by atoms with Crippen molar-refractivity contribution in [3.8, 4) is 11.8 Å². The average molecular weight is 240 g/mol. The van der Waals surface area contributed by atoms with Crippen molar-refractivity contribution in [2.24, 2.45) is 0 Å². The van der Waals surface area contributed by atoms with E-state index in [1.807, 2.05) is 0 Å². The van der Waals surface area contributed by atoms with Crippen molar-refractivity contribution in [3.63, 3.8) is 0 Å². The Labute approximate surface area is 102 Å². The van der Waals surface area contributed by atoms with E-state index in [-0.39, 0.29) is 5.91 Å². The van der Waals surface area contributed by atoms with Gasteiger partial charge in [0.05, 0.1) is 6.04 Å². The van der Waals surface area contributed by atoms with Crippen LogP contribution in [0.4, 0.5) is 4.79 Å². The van der Waals surface area contributed by atoms with Crippen molar-refractivity contribution in [2.45, 2.75) is 39.3 Å². The van der Waals surface area contributed by atoms with E-state index >= 15 is 0 Å². The van der Waals surface area contributed by atoms with E-state index in [1.54, 1.807) is 41.8 Å². The minimum absolute atomic E-state index is 0.303. The molecule has 0 aromatic heterocycles. The third kappa shape index (κ3) is 8.14. The molecule has 0 aliphatic carbocycles. The van der Waals surface area contributed by atoms with Crippen molar-refractivity contribution in [1.82, 2.24) is 10.2 Å². The largest absolute Gasteiger partial charge is 0.444 e.